The van der Waals surface area contributed by atoms with Crippen LogP contribution < -0.4 is 0 Å². The van der Waals surface area contributed by atoms with Crippen LogP contribution in [0.1, 0.15) is 31.2 Å². The third kappa shape index (κ3) is 2.84. The molecule has 3 rings (SSSR count). The molecule has 1 aliphatic heterocycles. The van der Waals surface area contributed by atoms with Gasteiger partial charge in [-0.3, -0.25) is 4.79 Å². The molecule has 116 valence electrons. The number of benzene rings is 1. The number of likely N-dealkylation sites (tertiary alicyclic amines) is 1. The molecule has 5 heteroatoms. The van der Waals surface area contributed by atoms with Gasteiger partial charge in [-0.05, 0) is 37.3 Å². The van der Waals surface area contributed by atoms with Crippen molar-refractivity contribution in [3.05, 3.63) is 36.0 Å². The van der Waals surface area contributed by atoms with E-state index in [0.717, 1.165) is 24.8 Å². The fourth-order valence-electron chi connectivity index (χ4n) is 3.23. The van der Waals surface area contributed by atoms with Crippen LogP contribution >= 0.6 is 0 Å². The summed E-state index contributed by atoms with van der Waals surface area (Å²) in [6, 6.07) is 7.48. The fourth-order valence-corrected chi connectivity index (χ4v) is 3.23. The number of carboxylic acid groups (broad SMARTS) is 1. The average molecular weight is 300 g/mol. The first-order valence-corrected chi connectivity index (χ1v) is 7.74. The van der Waals surface area contributed by atoms with Gasteiger partial charge in [-0.1, -0.05) is 18.2 Å². The summed E-state index contributed by atoms with van der Waals surface area (Å²) < 4.78 is 0. The molecule has 1 amide bonds. The molecule has 1 atom stereocenters. The molecule has 0 aliphatic carbocycles. The Hall–Kier alpha value is -2.30. The minimum absolute atomic E-state index is 0.0373. The first-order valence-electron chi connectivity index (χ1n) is 7.74. The molecule has 0 saturated carbocycles. The van der Waals surface area contributed by atoms with E-state index in [2.05, 4.69) is 11.1 Å². The quantitative estimate of drug-likeness (QED) is 0.891. The highest BCUT2D eigenvalue weighted by atomic mass is 16.4. The zero-order chi connectivity index (χ0) is 15.5. The van der Waals surface area contributed by atoms with Gasteiger partial charge in [0.2, 0.25) is 5.91 Å². The number of aliphatic carboxylic acids is 1. The molecular weight excluding hydrogens is 280 g/mol. The maximum Gasteiger partial charge on any atom is 0.326 e. The van der Waals surface area contributed by atoms with Gasteiger partial charge in [-0.15, -0.1) is 0 Å². The molecule has 0 bridgehead atoms. The first kappa shape index (κ1) is 14.6. The normalized spacial score (nSPS) is 18.0. The number of nitrogens with one attached hydrogen (secondary N) is 1. The third-order valence-electron chi connectivity index (χ3n) is 4.37. The number of hydrogen-bond donors (Lipinski definition) is 2. The SMILES string of the molecule is O=C(O)C1CCCN1C(=O)CCCc1c[nH]c2ccccc12. The maximum atomic E-state index is 12.2. The van der Waals surface area contributed by atoms with Gasteiger partial charge < -0.3 is 15.0 Å². The molecule has 22 heavy (non-hydrogen) atoms. The molecule has 1 fully saturated rings. The summed E-state index contributed by atoms with van der Waals surface area (Å²) in [7, 11) is 0. The van der Waals surface area contributed by atoms with Gasteiger partial charge in [-0.25, -0.2) is 4.79 Å². The largest absolute Gasteiger partial charge is 0.480 e. The Morgan fingerprint density at radius 3 is 2.95 bits per heavy atom. The number of para-hydroxylation sites is 1. The molecule has 5 nitrogen and oxygen atoms in total. The van der Waals surface area contributed by atoms with E-state index in [1.807, 2.05) is 24.4 Å². The number of carbonyl (C=O) groups excluding carboxylic acids is 1. The molecule has 1 aromatic heterocycles. The predicted molar refractivity (Wildman–Crippen MR) is 83.6 cm³/mol. The van der Waals surface area contributed by atoms with E-state index in [1.54, 1.807) is 0 Å². The standard InChI is InChI=1S/C17H20N2O3/c20-16(19-10-4-8-15(19)17(21)22)9-3-5-12-11-18-14-7-2-1-6-13(12)14/h1-2,6-7,11,15,18H,3-5,8-10H2,(H,21,22). The van der Waals surface area contributed by atoms with Gasteiger partial charge in [0, 0.05) is 30.1 Å². The Morgan fingerprint density at radius 1 is 1.32 bits per heavy atom. The lowest BCUT2D eigenvalue weighted by atomic mass is 10.1. The zero-order valence-electron chi connectivity index (χ0n) is 12.4. The number of rotatable bonds is 5. The smallest absolute Gasteiger partial charge is 0.326 e. The summed E-state index contributed by atoms with van der Waals surface area (Å²) >= 11 is 0. The van der Waals surface area contributed by atoms with Crippen LogP contribution in [0, 0.1) is 0 Å². The maximum absolute atomic E-state index is 12.2. The van der Waals surface area contributed by atoms with Gasteiger partial charge in [0.05, 0.1) is 0 Å². The number of aromatic nitrogens is 1. The summed E-state index contributed by atoms with van der Waals surface area (Å²) in [4.78, 5) is 28.1. The Labute approximate surface area is 128 Å². The van der Waals surface area contributed by atoms with Gasteiger partial charge in [-0.2, -0.15) is 0 Å². The number of hydrogen-bond acceptors (Lipinski definition) is 2. The van der Waals surface area contributed by atoms with Crippen molar-refractivity contribution in [2.45, 2.75) is 38.1 Å². The topological polar surface area (TPSA) is 73.4 Å². The summed E-state index contributed by atoms with van der Waals surface area (Å²) in [6.07, 6.45) is 5.31. The van der Waals surface area contributed by atoms with E-state index in [4.69, 9.17) is 5.11 Å². The molecule has 1 saturated heterocycles. The highest BCUT2D eigenvalue weighted by molar-refractivity contribution is 5.85. The Kier molecular flexibility index (Phi) is 4.13. The van der Waals surface area contributed by atoms with Crippen molar-refractivity contribution < 1.29 is 14.7 Å². The van der Waals surface area contributed by atoms with Crippen LogP contribution in [0.5, 0.6) is 0 Å². The average Bonchev–Trinajstić information content (AvgIpc) is 3.14. The fraction of sp³-hybridized carbons (Fsp3) is 0.412. The van der Waals surface area contributed by atoms with Crippen molar-refractivity contribution >= 4 is 22.8 Å². The van der Waals surface area contributed by atoms with Crippen LogP contribution in [-0.4, -0.2) is 39.5 Å². The van der Waals surface area contributed by atoms with Crippen LogP contribution in [0.25, 0.3) is 10.9 Å². The van der Waals surface area contributed by atoms with E-state index in [1.165, 1.54) is 15.8 Å². The number of aromatic amines is 1. The lowest BCUT2D eigenvalue weighted by Gasteiger charge is -2.21. The lowest BCUT2D eigenvalue weighted by molar-refractivity contribution is -0.148. The summed E-state index contributed by atoms with van der Waals surface area (Å²) in [5.41, 5.74) is 2.31. The number of aryl methyl sites for hydroxylation is 1. The molecule has 2 N–H and O–H groups in total. The van der Waals surface area contributed by atoms with Crippen molar-refractivity contribution in [3.63, 3.8) is 0 Å². The first-order chi connectivity index (χ1) is 10.7. The number of nitrogens with zero attached hydrogens (tertiary/aromatic N) is 1. The van der Waals surface area contributed by atoms with Crippen LogP contribution in [0.3, 0.4) is 0 Å². The molecular formula is C17H20N2O3. The minimum Gasteiger partial charge on any atom is -0.480 e. The minimum atomic E-state index is -0.887. The highest BCUT2D eigenvalue weighted by Crippen LogP contribution is 2.21. The van der Waals surface area contributed by atoms with Crippen molar-refractivity contribution in [2.75, 3.05) is 6.54 Å². The van der Waals surface area contributed by atoms with Crippen LogP contribution in [-0.2, 0) is 16.0 Å². The molecule has 1 aromatic carbocycles. The van der Waals surface area contributed by atoms with Gasteiger partial charge >= 0.3 is 5.97 Å². The summed E-state index contributed by atoms with van der Waals surface area (Å²) in [5, 5.41) is 10.3. The predicted octanol–water partition coefficient (Wildman–Crippen LogP) is 2.57. The summed E-state index contributed by atoms with van der Waals surface area (Å²) in [6.45, 7) is 0.572. The second-order valence-electron chi connectivity index (χ2n) is 5.80. The van der Waals surface area contributed by atoms with E-state index in [9.17, 15) is 9.59 Å². The van der Waals surface area contributed by atoms with E-state index in [0.29, 0.717) is 19.4 Å². The number of carbonyl (C=O) groups is 2. The molecule has 2 aromatic rings. The monoisotopic (exact) mass is 300 g/mol. The van der Waals surface area contributed by atoms with E-state index < -0.39 is 12.0 Å². The van der Waals surface area contributed by atoms with Gasteiger partial charge in [0.25, 0.3) is 0 Å². The number of fused-ring (bicyclic) bond motifs is 1. The molecule has 0 radical (unpaired) electrons. The second kappa shape index (κ2) is 6.22. The van der Waals surface area contributed by atoms with Crippen LogP contribution in [0.4, 0.5) is 0 Å². The van der Waals surface area contributed by atoms with Crippen molar-refractivity contribution in [1.82, 2.24) is 9.88 Å². The van der Waals surface area contributed by atoms with Crippen molar-refractivity contribution in [2.24, 2.45) is 0 Å². The Bertz CT molecular complexity index is 692. The van der Waals surface area contributed by atoms with E-state index in [-0.39, 0.29) is 5.91 Å². The van der Waals surface area contributed by atoms with Crippen LogP contribution in [0.15, 0.2) is 30.5 Å². The summed E-state index contributed by atoms with van der Waals surface area (Å²) in [5.74, 6) is -0.924. The molecule has 1 unspecified atom stereocenters. The number of carboxylic acids is 1. The third-order valence-corrected chi connectivity index (χ3v) is 4.37. The van der Waals surface area contributed by atoms with Gasteiger partial charge in [0.15, 0.2) is 0 Å². The van der Waals surface area contributed by atoms with Crippen LogP contribution in [0.2, 0.25) is 0 Å². The Balaban J connectivity index is 1.57. The van der Waals surface area contributed by atoms with Crippen molar-refractivity contribution in [3.8, 4) is 0 Å². The highest BCUT2D eigenvalue weighted by Gasteiger charge is 2.33. The second-order valence-corrected chi connectivity index (χ2v) is 5.80. The molecule has 1 aliphatic rings. The van der Waals surface area contributed by atoms with Gasteiger partial charge in [0.1, 0.15) is 6.04 Å². The molecule has 2 heterocycles. The zero-order valence-corrected chi connectivity index (χ0v) is 12.4. The lowest BCUT2D eigenvalue weighted by Crippen LogP contribution is -2.40. The van der Waals surface area contributed by atoms with E-state index >= 15 is 0 Å². The number of amides is 1. The van der Waals surface area contributed by atoms with Crippen molar-refractivity contribution in [1.29, 1.82) is 0 Å². The molecule has 0 spiro atoms. The Morgan fingerprint density at radius 2 is 2.14 bits per heavy atom. The number of H-pyrrole nitrogens is 1.